The van der Waals surface area contributed by atoms with Crippen LogP contribution in [0.3, 0.4) is 0 Å². The van der Waals surface area contributed by atoms with Gasteiger partial charge in [-0.1, -0.05) is 46.2 Å². The van der Waals surface area contributed by atoms with Crippen LogP contribution in [0.25, 0.3) is 0 Å². The molecule has 0 aliphatic heterocycles. The van der Waals surface area contributed by atoms with Crippen molar-refractivity contribution in [3.63, 3.8) is 0 Å². The summed E-state index contributed by atoms with van der Waals surface area (Å²) in [5.74, 6) is -0.0603. The summed E-state index contributed by atoms with van der Waals surface area (Å²) in [6, 6.07) is 7.63. The van der Waals surface area contributed by atoms with Gasteiger partial charge in [-0.2, -0.15) is 0 Å². The van der Waals surface area contributed by atoms with Gasteiger partial charge in [-0.3, -0.25) is 4.79 Å². The van der Waals surface area contributed by atoms with E-state index in [-0.39, 0.29) is 5.91 Å². The van der Waals surface area contributed by atoms with E-state index in [0.29, 0.717) is 18.0 Å². The van der Waals surface area contributed by atoms with Gasteiger partial charge in [0.25, 0.3) is 0 Å². The zero-order valence-corrected chi connectivity index (χ0v) is 10.4. The summed E-state index contributed by atoms with van der Waals surface area (Å²) >= 11 is 8.88. The van der Waals surface area contributed by atoms with Crippen LogP contribution in [0.15, 0.2) is 40.3 Å². The Bertz CT molecular complexity index is 379. The molecule has 0 aliphatic rings. The molecule has 0 bridgehead atoms. The van der Waals surface area contributed by atoms with Crippen molar-refractivity contribution in [2.75, 3.05) is 6.54 Å². The maximum Gasteiger partial charge on any atom is 0.224 e. The normalized spacial score (nSPS) is 9.73. The highest BCUT2D eigenvalue weighted by atomic mass is 79.9. The quantitative estimate of drug-likeness (QED) is 0.907. The second-order valence-electron chi connectivity index (χ2n) is 3.10. The molecule has 0 fully saturated rings. The number of rotatable bonds is 4. The van der Waals surface area contributed by atoms with Crippen molar-refractivity contribution < 1.29 is 4.79 Å². The third-order valence-corrected chi connectivity index (χ3v) is 2.36. The summed E-state index contributed by atoms with van der Waals surface area (Å²) in [7, 11) is 0. The lowest BCUT2D eigenvalue weighted by molar-refractivity contribution is -0.120. The van der Waals surface area contributed by atoms with Crippen LogP contribution in [-0.4, -0.2) is 12.5 Å². The minimum atomic E-state index is -0.0603. The third kappa shape index (κ3) is 5.00. The number of hydrogen-bond donors (Lipinski definition) is 1. The van der Waals surface area contributed by atoms with Gasteiger partial charge in [-0.15, -0.1) is 0 Å². The Morgan fingerprint density at radius 3 is 2.87 bits per heavy atom. The van der Waals surface area contributed by atoms with E-state index in [4.69, 9.17) is 11.6 Å². The molecular weight excluding hydrogens is 277 g/mol. The maximum atomic E-state index is 11.4. The molecule has 2 nitrogen and oxygen atoms in total. The first kappa shape index (κ1) is 12.3. The van der Waals surface area contributed by atoms with E-state index < -0.39 is 0 Å². The van der Waals surface area contributed by atoms with Gasteiger partial charge in [0.2, 0.25) is 5.91 Å². The standard InChI is InChI=1S/C11H11BrClNO/c1-8(13)7-14-11(15)6-9-3-2-4-10(12)5-9/h2-5H,1,6-7H2,(H,14,15). The third-order valence-electron chi connectivity index (χ3n) is 1.73. The lowest BCUT2D eigenvalue weighted by atomic mass is 10.1. The van der Waals surface area contributed by atoms with Crippen molar-refractivity contribution in [2.24, 2.45) is 0 Å². The summed E-state index contributed by atoms with van der Waals surface area (Å²) in [6.45, 7) is 3.81. The monoisotopic (exact) mass is 287 g/mol. The number of carbonyl (C=O) groups excluding carboxylic acids is 1. The predicted molar refractivity (Wildman–Crippen MR) is 65.8 cm³/mol. The number of carbonyl (C=O) groups is 1. The van der Waals surface area contributed by atoms with E-state index in [0.717, 1.165) is 10.0 Å². The first-order valence-corrected chi connectivity index (χ1v) is 5.59. The van der Waals surface area contributed by atoms with Crippen LogP contribution in [0.4, 0.5) is 0 Å². The molecule has 15 heavy (non-hydrogen) atoms. The largest absolute Gasteiger partial charge is 0.351 e. The van der Waals surface area contributed by atoms with Gasteiger partial charge in [0.05, 0.1) is 13.0 Å². The Hall–Kier alpha value is -0.800. The average Bonchev–Trinajstić information content (AvgIpc) is 2.15. The van der Waals surface area contributed by atoms with E-state index >= 15 is 0 Å². The average molecular weight is 289 g/mol. The lowest BCUT2D eigenvalue weighted by Gasteiger charge is -2.04. The zero-order chi connectivity index (χ0) is 11.3. The highest BCUT2D eigenvalue weighted by Gasteiger charge is 2.03. The smallest absolute Gasteiger partial charge is 0.224 e. The molecular formula is C11H11BrClNO. The van der Waals surface area contributed by atoms with Crippen molar-refractivity contribution in [1.82, 2.24) is 5.32 Å². The summed E-state index contributed by atoms with van der Waals surface area (Å²) in [6.07, 6.45) is 0.351. The van der Waals surface area contributed by atoms with Gasteiger partial charge >= 0.3 is 0 Å². The van der Waals surface area contributed by atoms with Crippen molar-refractivity contribution >= 4 is 33.4 Å². The van der Waals surface area contributed by atoms with E-state index in [2.05, 4.69) is 27.8 Å². The van der Waals surface area contributed by atoms with Gasteiger partial charge in [-0.05, 0) is 17.7 Å². The van der Waals surface area contributed by atoms with Crippen LogP contribution in [0, 0.1) is 0 Å². The lowest BCUT2D eigenvalue weighted by Crippen LogP contribution is -2.26. The van der Waals surface area contributed by atoms with Crippen LogP contribution < -0.4 is 5.32 Å². The fourth-order valence-electron chi connectivity index (χ4n) is 1.09. The van der Waals surface area contributed by atoms with Gasteiger partial charge in [0, 0.05) is 9.51 Å². The Morgan fingerprint density at radius 2 is 2.27 bits per heavy atom. The number of hydrogen-bond acceptors (Lipinski definition) is 1. The fourth-order valence-corrected chi connectivity index (χ4v) is 1.60. The molecule has 4 heteroatoms. The molecule has 0 heterocycles. The van der Waals surface area contributed by atoms with Crippen molar-refractivity contribution in [1.29, 1.82) is 0 Å². The molecule has 1 N–H and O–H groups in total. The first-order chi connectivity index (χ1) is 7.08. The molecule has 0 radical (unpaired) electrons. The summed E-state index contributed by atoms with van der Waals surface area (Å²) < 4.78 is 0.967. The van der Waals surface area contributed by atoms with Crippen LogP contribution >= 0.6 is 27.5 Å². The van der Waals surface area contributed by atoms with Gasteiger partial charge in [-0.25, -0.2) is 0 Å². The summed E-state index contributed by atoms with van der Waals surface area (Å²) in [5.41, 5.74) is 0.960. The fraction of sp³-hybridized carbons (Fsp3) is 0.182. The number of amides is 1. The predicted octanol–water partition coefficient (Wildman–Crippen LogP) is 2.86. The molecule has 0 aromatic heterocycles. The Kier molecular flexibility index (Phi) is 4.85. The van der Waals surface area contributed by atoms with E-state index in [1.54, 1.807) is 0 Å². The molecule has 0 aliphatic carbocycles. The Morgan fingerprint density at radius 1 is 1.53 bits per heavy atom. The van der Waals surface area contributed by atoms with Crippen LogP contribution in [0.5, 0.6) is 0 Å². The van der Waals surface area contributed by atoms with Crippen molar-refractivity contribution in [2.45, 2.75) is 6.42 Å². The maximum absolute atomic E-state index is 11.4. The second kappa shape index (κ2) is 5.93. The van der Waals surface area contributed by atoms with Crippen molar-refractivity contribution in [3.8, 4) is 0 Å². The molecule has 0 saturated heterocycles. The molecule has 0 atom stereocenters. The highest BCUT2D eigenvalue weighted by Crippen LogP contribution is 2.11. The molecule has 1 amide bonds. The molecule has 1 rings (SSSR count). The van der Waals surface area contributed by atoms with Crippen LogP contribution in [0.2, 0.25) is 0 Å². The summed E-state index contributed by atoms with van der Waals surface area (Å²) in [4.78, 5) is 11.4. The molecule has 0 saturated carbocycles. The van der Waals surface area contributed by atoms with Gasteiger partial charge in [0.1, 0.15) is 0 Å². The topological polar surface area (TPSA) is 29.1 Å². The number of halogens is 2. The molecule has 1 aromatic rings. The molecule has 1 aromatic carbocycles. The Balaban J connectivity index is 2.48. The minimum Gasteiger partial charge on any atom is -0.351 e. The second-order valence-corrected chi connectivity index (χ2v) is 4.55. The van der Waals surface area contributed by atoms with E-state index in [9.17, 15) is 4.79 Å². The van der Waals surface area contributed by atoms with Crippen molar-refractivity contribution in [3.05, 3.63) is 45.9 Å². The number of nitrogens with one attached hydrogen (secondary N) is 1. The zero-order valence-electron chi connectivity index (χ0n) is 8.09. The molecule has 0 spiro atoms. The summed E-state index contributed by atoms with van der Waals surface area (Å²) in [5, 5.41) is 3.09. The molecule has 80 valence electrons. The Labute approximate surface area is 102 Å². The van der Waals surface area contributed by atoms with E-state index in [1.165, 1.54) is 0 Å². The van der Waals surface area contributed by atoms with E-state index in [1.807, 2.05) is 24.3 Å². The molecule has 0 unspecified atom stereocenters. The SMILES string of the molecule is C=C(Cl)CNC(=O)Cc1cccc(Br)c1. The number of benzene rings is 1. The van der Waals surface area contributed by atoms with Gasteiger partial charge in [0.15, 0.2) is 0 Å². The van der Waals surface area contributed by atoms with Crippen LogP contribution in [-0.2, 0) is 11.2 Å². The first-order valence-electron chi connectivity index (χ1n) is 4.42. The minimum absolute atomic E-state index is 0.0603. The highest BCUT2D eigenvalue weighted by molar-refractivity contribution is 9.10. The van der Waals surface area contributed by atoms with Crippen LogP contribution in [0.1, 0.15) is 5.56 Å². The van der Waals surface area contributed by atoms with Gasteiger partial charge < -0.3 is 5.32 Å².